The molecule has 2 rings (SSSR count). The largest absolute Gasteiger partial charge is 0.298 e. The van der Waals surface area contributed by atoms with Crippen molar-refractivity contribution in [1.29, 1.82) is 0 Å². The minimum absolute atomic E-state index is 0.0685. The van der Waals surface area contributed by atoms with Crippen molar-refractivity contribution in [3.8, 4) is 0 Å². The van der Waals surface area contributed by atoms with E-state index in [0.717, 1.165) is 12.3 Å². The van der Waals surface area contributed by atoms with E-state index in [9.17, 15) is 14.9 Å². The Labute approximate surface area is 110 Å². The molecule has 0 fully saturated rings. The first kappa shape index (κ1) is 12.4. The SMILES string of the molecule is O=C(Nc1nccs1)c1cc([N+](=O)[O-])cnc1Cl. The maximum atomic E-state index is 11.8. The molecule has 0 aliphatic carbocycles. The summed E-state index contributed by atoms with van der Waals surface area (Å²) in [4.78, 5) is 29.2. The first-order chi connectivity index (χ1) is 8.58. The van der Waals surface area contributed by atoms with Crippen molar-refractivity contribution in [3.05, 3.63) is 44.7 Å². The number of amides is 1. The van der Waals surface area contributed by atoms with Gasteiger partial charge in [-0.3, -0.25) is 20.2 Å². The van der Waals surface area contributed by atoms with Crippen LogP contribution in [0.25, 0.3) is 0 Å². The highest BCUT2D eigenvalue weighted by atomic mass is 35.5. The number of carbonyl (C=O) groups is 1. The van der Waals surface area contributed by atoms with E-state index in [-0.39, 0.29) is 16.4 Å². The van der Waals surface area contributed by atoms with Crippen LogP contribution in [0.15, 0.2) is 23.8 Å². The van der Waals surface area contributed by atoms with Crippen molar-refractivity contribution >= 4 is 39.7 Å². The van der Waals surface area contributed by atoms with Gasteiger partial charge in [0.15, 0.2) is 5.13 Å². The summed E-state index contributed by atoms with van der Waals surface area (Å²) in [5.74, 6) is -0.592. The highest BCUT2D eigenvalue weighted by Gasteiger charge is 2.17. The molecule has 9 heteroatoms. The fourth-order valence-electron chi connectivity index (χ4n) is 1.15. The molecule has 0 atom stereocenters. The molecule has 0 aliphatic heterocycles. The molecule has 0 spiro atoms. The average molecular weight is 285 g/mol. The van der Waals surface area contributed by atoms with Crippen LogP contribution in [-0.4, -0.2) is 20.8 Å². The van der Waals surface area contributed by atoms with Gasteiger partial charge in [0.2, 0.25) is 0 Å². The van der Waals surface area contributed by atoms with E-state index in [1.807, 2.05) is 0 Å². The van der Waals surface area contributed by atoms with Crippen LogP contribution in [0, 0.1) is 10.1 Å². The maximum absolute atomic E-state index is 11.8. The topological polar surface area (TPSA) is 98.0 Å². The molecule has 2 aromatic heterocycles. The molecule has 1 N–H and O–H groups in total. The summed E-state index contributed by atoms with van der Waals surface area (Å²) in [6.07, 6.45) is 2.51. The van der Waals surface area contributed by atoms with Crippen molar-refractivity contribution in [2.75, 3.05) is 5.32 Å². The van der Waals surface area contributed by atoms with Gasteiger partial charge >= 0.3 is 0 Å². The van der Waals surface area contributed by atoms with Gasteiger partial charge < -0.3 is 0 Å². The molecule has 2 heterocycles. The summed E-state index contributed by atoms with van der Waals surface area (Å²) < 4.78 is 0. The third-order valence-corrected chi connectivity index (χ3v) is 2.92. The van der Waals surface area contributed by atoms with Gasteiger partial charge in [-0.05, 0) is 0 Å². The number of nitro groups is 1. The molecule has 0 bridgehead atoms. The number of hydrogen-bond acceptors (Lipinski definition) is 6. The lowest BCUT2D eigenvalue weighted by molar-refractivity contribution is -0.385. The van der Waals surface area contributed by atoms with E-state index in [0.29, 0.717) is 5.13 Å². The van der Waals surface area contributed by atoms with Crippen molar-refractivity contribution < 1.29 is 9.72 Å². The molecular formula is C9H5ClN4O3S. The fourth-order valence-corrected chi connectivity index (χ4v) is 1.86. The Morgan fingerprint density at radius 3 is 2.89 bits per heavy atom. The quantitative estimate of drug-likeness (QED) is 0.530. The van der Waals surface area contributed by atoms with Gasteiger partial charge in [0.1, 0.15) is 11.3 Å². The number of pyridine rings is 1. The molecule has 7 nitrogen and oxygen atoms in total. The van der Waals surface area contributed by atoms with E-state index < -0.39 is 10.8 Å². The number of nitrogens with one attached hydrogen (secondary N) is 1. The van der Waals surface area contributed by atoms with Crippen molar-refractivity contribution in [2.45, 2.75) is 0 Å². The van der Waals surface area contributed by atoms with Gasteiger partial charge in [-0.2, -0.15) is 0 Å². The summed E-state index contributed by atoms with van der Waals surface area (Å²) in [7, 11) is 0. The summed E-state index contributed by atoms with van der Waals surface area (Å²) in [6.45, 7) is 0. The Morgan fingerprint density at radius 1 is 1.50 bits per heavy atom. The predicted octanol–water partition coefficient (Wildman–Crippen LogP) is 2.35. The van der Waals surface area contributed by atoms with E-state index in [2.05, 4.69) is 15.3 Å². The minimum atomic E-state index is -0.649. The van der Waals surface area contributed by atoms with Crippen molar-refractivity contribution in [2.24, 2.45) is 0 Å². The number of nitrogens with zero attached hydrogens (tertiary/aromatic N) is 3. The molecule has 92 valence electrons. The third kappa shape index (κ3) is 2.60. The summed E-state index contributed by atoms with van der Waals surface area (Å²) in [6, 6.07) is 1.07. The second-order valence-electron chi connectivity index (χ2n) is 3.08. The van der Waals surface area contributed by atoms with Gasteiger partial charge in [-0.15, -0.1) is 11.3 Å². The Bertz CT molecular complexity index is 602. The number of hydrogen-bond donors (Lipinski definition) is 1. The lowest BCUT2D eigenvalue weighted by Crippen LogP contribution is -2.13. The highest BCUT2D eigenvalue weighted by Crippen LogP contribution is 2.21. The zero-order chi connectivity index (χ0) is 13.1. The first-order valence-corrected chi connectivity index (χ1v) is 5.84. The van der Waals surface area contributed by atoms with Crippen LogP contribution in [0.4, 0.5) is 10.8 Å². The molecule has 0 aromatic carbocycles. The van der Waals surface area contributed by atoms with E-state index in [1.54, 1.807) is 5.38 Å². The van der Waals surface area contributed by atoms with Crippen molar-refractivity contribution in [3.63, 3.8) is 0 Å². The molecule has 2 aromatic rings. The third-order valence-electron chi connectivity index (χ3n) is 1.93. The zero-order valence-corrected chi connectivity index (χ0v) is 10.2. The number of anilines is 1. The van der Waals surface area contributed by atoms with Gasteiger partial charge in [0.05, 0.1) is 10.5 Å². The van der Waals surface area contributed by atoms with Crippen LogP contribution in [0.1, 0.15) is 10.4 Å². The monoisotopic (exact) mass is 284 g/mol. The van der Waals surface area contributed by atoms with Gasteiger partial charge in [-0.25, -0.2) is 9.97 Å². The summed E-state index contributed by atoms with van der Waals surface area (Å²) >= 11 is 6.95. The Hall–Kier alpha value is -2.06. The molecule has 1 amide bonds. The van der Waals surface area contributed by atoms with Gasteiger partial charge in [0.25, 0.3) is 11.6 Å². The second kappa shape index (κ2) is 5.07. The van der Waals surface area contributed by atoms with Crippen LogP contribution < -0.4 is 5.32 Å². The lowest BCUT2D eigenvalue weighted by atomic mass is 10.2. The molecule has 0 saturated heterocycles. The Kier molecular flexibility index (Phi) is 3.49. The van der Waals surface area contributed by atoms with E-state index >= 15 is 0 Å². The smallest absolute Gasteiger partial charge is 0.288 e. The predicted molar refractivity (Wildman–Crippen MR) is 66.0 cm³/mol. The molecule has 0 radical (unpaired) electrons. The fraction of sp³-hybridized carbons (Fsp3) is 0. The summed E-state index contributed by atoms with van der Waals surface area (Å²) in [5, 5.41) is 15.0. The maximum Gasteiger partial charge on any atom is 0.288 e. The van der Waals surface area contributed by atoms with Crippen LogP contribution in [0.3, 0.4) is 0 Å². The number of rotatable bonds is 3. The van der Waals surface area contributed by atoms with Gasteiger partial charge in [-0.1, -0.05) is 11.6 Å². The van der Waals surface area contributed by atoms with Crippen LogP contribution in [0.5, 0.6) is 0 Å². The molecule has 0 unspecified atom stereocenters. The second-order valence-corrected chi connectivity index (χ2v) is 4.33. The lowest BCUT2D eigenvalue weighted by Gasteiger charge is -2.02. The van der Waals surface area contributed by atoms with Crippen LogP contribution in [0.2, 0.25) is 5.15 Å². The van der Waals surface area contributed by atoms with E-state index in [1.165, 1.54) is 17.5 Å². The number of aromatic nitrogens is 2. The highest BCUT2D eigenvalue weighted by molar-refractivity contribution is 7.13. The number of carbonyl (C=O) groups excluding carboxylic acids is 1. The molecular weight excluding hydrogens is 280 g/mol. The molecule has 18 heavy (non-hydrogen) atoms. The Morgan fingerprint density at radius 2 is 2.28 bits per heavy atom. The number of halogens is 1. The van der Waals surface area contributed by atoms with Crippen molar-refractivity contribution in [1.82, 2.24) is 9.97 Å². The normalized spacial score (nSPS) is 10.1. The van der Waals surface area contributed by atoms with Gasteiger partial charge in [0, 0.05) is 17.6 Å². The first-order valence-electron chi connectivity index (χ1n) is 4.58. The van der Waals surface area contributed by atoms with Crippen LogP contribution >= 0.6 is 22.9 Å². The van der Waals surface area contributed by atoms with Crippen LogP contribution in [-0.2, 0) is 0 Å². The van der Waals surface area contributed by atoms with E-state index in [4.69, 9.17) is 11.6 Å². The minimum Gasteiger partial charge on any atom is -0.298 e. The molecule has 0 saturated carbocycles. The standard InChI is InChI=1S/C9H5ClN4O3S/c10-7-6(3-5(4-12-7)14(16)17)8(15)13-9-11-1-2-18-9/h1-4H,(H,11,13,15). The Balaban J connectivity index is 2.29. The average Bonchev–Trinajstić information content (AvgIpc) is 2.81. The summed E-state index contributed by atoms with van der Waals surface area (Å²) in [5.41, 5.74) is -0.371. The number of thiazole rings is 1. The molecule has 0 aliphatic rings. The zero-order valence-electron chi connectivity index (χ0n) is 8.66.